The first-order valence-electron chi connectivity index (χ1n) is 5.67. The number of halogens is 1. The topological polar surface area (TPSA) is 34.2 Å². The van der Waals surface area contributed by atoms with Crippen LogP contribution in [-0.2, 0) is 4.74 Å². The monoisotopic (exact) mass is 284 g/mol. The van der Waals surface area contributed by atoms with Gasteiger partial charge in [0.25, 0.3) is 0 Å². The largest absolute Gasteiger partial charge is 0.376 e. The molecule has 0 saturated carbocycles. The Kier molecular flexibility index (Phi) is 3.82. The molecule has 1 saturated heterocycles. The molecular formula is C12H17BrN2O. The first kappa shape index (κ1) is 11.9. The van der Waals surface area contributed by atoms with Crippen LogP contribution >= 0.6 is 15.9 Å². The molecule has 1 fully saturated rings. The molecule has 2 rings (SSSR count). The van der Waals surface area contributed by atoms with E-state index >= 15 is 0 Å². The molecule has 2 heterocycles. The van der Waals surface area contributed by atoms with Crippen LogP contribution in [0.3, 0.4) is 0 Å². The zero-order valence-electron chi connectivity index (χ0n) is 9.66. The fraction of sp³-hybridized carbons (Fsp3) is 0.583. The van der Waals surface area contributed by atoms with Gasteiger partial charge in [-0.3, -0.25) is 0 Å². The van der Waals surface area contributed by atoms with E-state index in [4.69, 9.17) is 4.74 Å². The van der Waals surface area contributed by atoms with Gasteiger partial charge >= 0.3 is 0 Å². The summed E-state index contributed by atoms with van der Waals surface area (Å²) in [6.45, 7) is 5.10. The number of nitrogens with one attached hydrogen (secondary N) is 1. The minimum Gasteiger partial charge on any atom is -0.376 e. The van der Waals surface area contributed by atoms with Crippen LogP contribution in [0.5, 0.6) is 0 Å². The summed E-state index contributed by atoms with van der Waals surface area (Å²) in [4.78, 5) is 4.38. The van der Waals surface area contributed by atoms with Gasteiger partial charge in [-0.25, -0.2) is 4.98 Å². The summed E-state index contributed by atoms with van der Waals surface area (Å²) in [6, 6.07) is 2.38. The minimum absolute atomic E-state index is 0.315. The third-order valence-corrected chi connectivity index (χ3v) is 3.37. The average Bonchev–Trinajstić information content (AvgIpc) is 2.75. The number of pyridine rings is 1. The van der Waals surface area contributed by atoms with E-state index in [2.05, 4.69) is 46.1 Å². The van der Waals surface area contributed by atoms with Crippen molar-refractivity contribution in [1.82, 2.24) is 4.98 Å². The summed E-state index contributed by atoms with van der Waals surface area (Å²) in [5, 5.41) is 3.42. The number of hydrogen-bond donors (Lipinski definition) is 1. The van der Waals surface area contributed by atoms with E-state index in [-0.39, 0.29) is 0 Å². The van der Waals surface area contributed by atoms with Crippen molar-refractivity contribution in [3.05, 3.63) is 22.3 Å². The highest BCUT2D eigenvalue weighted by atomic mass is 79.9. The summed E-state index contributed by atoms with van der Waals surface area (Å²) in [5.74, 6) is 0.950. The van der Waals surface area contributed by atoms with Crippen LogP contribution < -0.4 is 5.32 Å². The molecule has 1 N–H and O–H groups in total. The predicted octanol–water partition coefficient (Wildman–Crippen LogP) is 3.13. The summed E-state index contributed by atoms with van der Waals surface area (Å²) in [5.41, 5.74) is 1.15. The summed E-state index contributed by atoms with van der Waals surface area (Å²) in [7, 11) is 0. The summed E-state index contributed by atoms with van der Waals surface area (Å²) in [6.07, 6.45) is 4.45. The first-order chi connectivity index (χ1) is 7.66. The molecule has 1 aliphatic rings. The number of anilines is 1. The number of aryl methyl sites for hydroxylation is 1. The molecule has 2 unspecified atom stereocenters. The molecule has 1 aliphatic heterocycles. The van der Waals surface area contributed by atoms with Crippen LogP contribution in [0.25, 0.3) is 0 Å². The molecule has 0 aromatic carbocycles. The maximum atomic E-state index is 5.65. The van der Waals surface area contributed by atoms with E-state index in [0.29, 0.717) is 12.1 Å². The Balaban J connectivity index is 2.02. The van der Waals surface area contributed by atoms with Crippen molar-refractivity contribution >= 4 is 21.7 Å². The second-order valence-electron chi connectivity index (χ2n) is 4.30. The fourth-order valence-corrected chi connectivity index (χ4v) is 2.44. The average molecular weight is 285 g/mol. The lowest BCUT2D eigenvalue weighted by atomic mass is 10.1. The predicted molar refractivity (Wildman–Crippen MR) is 68.7 cm³/mol. The summed E-state index contributed by atoms with van der Waals surface area (Å²) < 4.78 is 6.67. The molecule has 0 radical (unpaired) electrons. The highest BCUT2D eigenvalue weighted by Crippen LogP contribution is 2.21. The van der Waals surface area contributed by atoms with E-state index in [0.717, 1.165) is 28.9 Å². The zero-order valence-corrected chi connectivity index (χ0v) is 11.3. The van der Waals surface area contributed by atoms with Crippen molar-refractivity contribution < 1.29 is 4.74 Å². The number of aromatic nitrogens is 1. The number of ether oxygens (including phenoxy) is 1. The van der Waals surface area contributed by atoms with Gasteiger partial charge in [-0.1, -0.05) is 0 Å². The maximum Gasteiger partial charge on any atom is 0.129 e. The lowest BCUT2D eigenvalue weighted by Crippen LogP contribution is -2.30. The van der Waals surface area contributed by atoms with Gasteiger partial charge in [-0.2, -0.15) is 0 Å². The van der Waals surface area contributed by atoms with Crippen LogP contribution in [-0.4, -0.2) is 23.7 Å². The van der Waals surface area contributed by atoms with Gasteiger partial charge in [0, 0.05) is 17.3 Å². The molecule has 0 amide bonds. The Hall–Kier alpha value is -0.610. The summed E-state index contributed by atoms with van der Waals surface area (Å²) >= 11 is 3.41. The molecular weight excluding hydrogens is 268 g/mol. The van der Waals surface area contributed by atoms with Gasteiger partial charge in [0.1, 0.15) is 5.82 Å². The highest BCUT2D eigenvalue weighted by molar-refractivity contribution is 9.10. The van der Waals surface area contributed by atoms with Crippen LogP contribution in [0.4, 0.5) is 5.82 Å². The smallest absolute Gasteiger partial charge is 0.129 e. The van der Waals surface area contributed by atoms with Crippen molar-refractivity contribution in [3.63, 3.8) is 0 Å². The van der Waals surface area contributed by atoms with E-state index in [1.54, 1.807) is 0 Å². The third kappa shape index (κ3) is 2.74. The number of hydrogen-bond acceptors (Lipinski definition) is 3. The second-order valence-corrected chi connectivity index (χ2v) is 5.22. The first-order valence-corrected chi connectivity index (χ1v) is 6.46. The molecule has 3 nitrogen and oxygen atoms in total. The normalized spacial score (nSPS) is 22.1. The van der Waals surface area contributed by atoms with Crippen molar-refractivity contribution in [3.8, 4) is 0 Å². The van der Waals surface area contributed by atoms with Crippen molar-refractivity contribution in [1.29, 1.82) is 0 Å². The molecule has 0 spiro atoms. The second kappa shape index (κ2) is 5.15. The third-order valence-electron chi connectivity index (χ3n) is 2.93. The van der Waals surface area contributed by atoms with E-state index in [1.165, 1.54) is 6.42 Å². The van der Waals surface area contributed by atoms with Crippen LogP contribution in [0.2, 0.25) is 0 Å². The minimum atomic E-state index is 0.315. The van der Waals surface area contributed by atoms with E-state index in [9.17, 15) is 0 Å². The van der Waals surface area contributed by atoms with Gasteiger partial charge in [0.05, 0.1) is 12.1 Å². The zero-order chi connectivity index (χ0) is 11.5. The fourth-order valence-electron chi connectivity index (χ4n) is 2.00. The Bertz CT molecular complexity index is 364. The Morgan fingerprint density at radius 2 is 2.44 bits per heavy atom. The van der Waals surface area contributed by atoms with Crippen molar-refractivity contribution in [2.24, 2.45) is 0 Å². The highest BCUT2D eigenvalue weighted by Gasteiger charge is 2.22. The van der Waals surface area contributed by atoms with E-state index < -0.39 is 0 Å². The number of nitrogens with zero attached hydrogens (tertiary/aromatic N) is 1. The SMILES string of the molecule is Cc1cc(Br)cnc1NC(C)C1CCCO1. The quantitative estimate of drug-likeness (QED) is 0.926. The maximum absolute atomic E-state index is 5.65. The molecule has 16 heavy (non-hydrogen) atoms. The van der Waals surface area contributed by atoms with Crippen LogP contribution in [0, 0.1) is 6.92 Å². The Morgan fingerprint density at radius 3 is 3.06 bits per heavy atom. The molecule has 2 atom stereocenters. The van der Waals surface area contributed by atoms with Crippen molar-refractivity contribution in [2.45, 2.75) is 38.8 Å². The van der Waals surface area contributed by atoms with Gasteiger partial charge in [-0.15, -0.1) is 0 Å². The van der Waals surface area contributed by atoms with Gasteiger partial charge < -0.3 is 10.1 Å². The van der Waals surface area contributed by atoms with Crippen LogP contribution in [0.15, 0.2) is 16.7 Å². The van der Waals surface area contributed by atoms with Gasteiger partial charge in [-0.05, 0) is 54.2 Å². The lowest BCUT2D eigenvalue weighted by Gasteiger charge is -2.21. The standard InChI is InChI=1S/C12H17BrN2O/c1-8-6-10(13)7-14-12(8)15-9(2)11-4-3-5-16-11/h6-7,9,11H,3-5H2,1-2H3,(H,14,15). The molecule has 1 aromatic heterocycles. The van der Waals surface area contributed by atoms with Gasteiger partial charge in [0.2, 0.25) is 0 Å². The van der Waals surface area contributed by atoms with E-state index in [1.807, 2.05) is 6.20 Å². The Morgan fingerprint density at radius 1 is 1.62 bits per heavy atom. The number of rotatable bonds is 3. The Labute approximate surface area is 105 Å². The molecule has 4 heteroatoms. The van der Waals surface area contributed by atoms with Crippen molar-refractivity contribution in [2.75, 3.05) is 11.9 Å². The molecule has 0 aliphatic carbocycles. The molecule has 0 bridgehead atoms. The lowest BCUT2D eigenvalue weighted by molar-refractivity contribution is 0.0995. The van der Waals surface area contributed by atoms with Crippen LogP contribution in [0.1, 0.15) is 25.3 Å². The molecule has 1 aromatic rings. The van der Waals surface area contributed by atoms with Gasteiger partial charge in [0.15, 0.2) is 0 Å². The molecule has 88 valence electrons.